The lowest BCUT2D eigenvalue weighted by atomic mass is 9.75. The van der Waals surface area contributed by atoms with Crippen LogP contribution in [0.2, 0.25) is 0 Å². The number of ether oxygens (including phenoxy) is 5. The average molecular weight is 665 g/mol. The average Bonchev–Trinajstić information content (AvgIpc) is 3.33. The molecule has 1 saturated carbocycles. The summed E-state index contributed by atoms with van der Waals surface area (Å²) in [6, 6.07) is 0. The Balaban J connectivity index is 2.24. The first-order valence-corrected chi connectivity index (χ1v) is 16.7. The molecule has 0 aromatic carbocycles. The zero-order valence-electron chi connectivity index (χ0n) is 29.2. The molecule has 1 aliphatic heterocycles. The summed E-state index contributed by atoms with van der Waals surface area (Å²) < 4.78 is 29.5. The molecular formula is C35H52O12. The largest absolute Gasteiger partial charge is 0.459 e. The summed E-state index contributed by atoms with van der Waals surface area (Å²) >= 11 is 0. The molecule has 9 atom stereocenters. The first-order valence-electron chi connectivity index (χ1n) is 16.7. The van der Waals surface area contributed by atoms with Crippen molar-refractivity contribution in [3.8, 4) is 0 Å². The fourth-order valence-electron chi connectivity index (χ4n) is 6.90. The van der Waals surface area contributed by atoms with Crippen LogP contribution in [0.3, 0.4) is 0 Å². The Labute approximate surface area is 277 Å². The Morgan fingerprint density at radius 1 is 1.02 bits per heavy atom. The number of hydrogen-bond acceptors (Lipinski definition) is 12. The lowest BCUT2D eigenvalue weighted by Gasteiger charge is -2.42. The molecule has 1 saturated heterocycles. The Kier molecular flexibility index (Phi) is 12.1. The van der Waals surface area contributed by atoms with Crippen LogP contribution in [0.15, 0.2) is 22.8 Å². The molecule has 0 spiro atoms. The van der Waals surface area contributed by atoms with Gasteiger partial charge in [-0.05, 0) is 58.6 Å². The van der Waals surface area contributed by atoms with E-state index in [2.05, 4.69) is 6.92 Å². The highest BCUT2D eigenvalue weighted by molar-refractivity contribution is 5.88. The number of esters is 5. The van der Waals surface area contributed by atoms with Gasteiger partial charge in [-0.2, -0.15) is 0 Å². The van der Waals surface area contributed by atoms with Gasteiger partial charge in [0.1, 0.15) is 11.7 Å². The van der Waals surface area contributed by atoms with Crippen LogP contribution in [0.5, 0.6) is 0 Å². The van der Waals surface area contributed by atoms with Gasteiger partial charge in [-0.3, -0.25) is 14.4 Å². The number of carbonyl (C=O) groups excluding carboxylic acids is 5. The molecule has 0 aromatic rings. The summed E-state index contributed by atoms with van der Waals surface area (Å²) in [6.07, 6.45) is 0.230. The molecule has 0 amide bonds. The van der Waals surface area contributed by atoms with Crippen molar-refractivity contribution in [2.45, 2.75) is 155 Å². The molecule has 12 nitrogen and oxygen atoms in total. The van der Waals surface area contributed by atoms with Crippen molar-refractivity contribution in [2.75, 3.05) is 0 Å². The maximum Gasteiger partial charge on any atom is 0.341 e. The topological polar surface area (TPSA) is 172 Å². The highest BCUT2D eigenvalue weighted by atomic mass is 16.6. The number of fused-ring (bicyclic) bond motifs is 3. The van der Waals surface area contributed by atoms with Gasteiger partial charge >= 0.3 is 29.8 Å². The van der Waals surface area contributed by atoms with Crippen LogP contribution in [0, 0.1) is 11.8 Å². The quantitative estimate of drug-likeness (QED) is 0.0948. The van der Waals surface area contributed by atoms with E-state index in [1.54, 1.807) is 40.7 Å². The van der Waals surface area contributed by atoms with Crippen LogP contribution >= 0.6 is 0 Å². The molecule has 12 heteroatoms. The van der Waals surface area contributed by atoms with Gasteiger partial charge in [-0.25, -0.2) is 9.59 Å². The highest BCUT2D eigenvalue weighted by Crippen LogP contribution is 2.57. The second-order valence-corrected chi connectivity index (χ2v) is 13.6. The molecule has 9 unspecified atom stereocenters. The Morgan fingerprint density at radius 2 is 1.66 bits per heavy atom. The number of allylic oxidation sites excluding steroid dienone is 1. The van der Waals surface area contributed by atoms with E-state index >= 15 is 0 Å². The third kappa shape index (κ3) is 7.28. The molecule has 1 heterocycles. The van der Waals surface area contributed by atoms with Crippen molar-refractivity contribution in [3.05, 3.63) is 22.8 Å². The van der Waals surface area contributed by atoms with Crippen LogP contribution < -0.4 is 0 Å². The molecule has 3 rings (SSSR count). The standard InChI is InChI=1S/C35H52O12/c1-10-13-14-15-16-17-24(37)44-28-26-25(21(6)27(28)45-31(39)20(5)12-3)29-35(42,34(9,41)32(40)46-29)23(43-30(38)19(4)11-2)18-33(26,8)47-22(7)36/h12,19,23,26-29,41-42H,10-11,13-18H2,1-9H3/b20-12-. The Hall–Kier alpha value is -3.25. The van der Waals surface area contributed by atoms with Crippen LogP contribution in [0.25, 0.3) is 0 Å². The smallest absolute Gasteiger partial charge is 0.341 e. The van der Waals surface area contributed by atoms with Crippen molar-refractivity contribution >= 4 is 29.8 Å². The van der Waals surface area contributed by atoms with Crippen LogP contribution in [0.1, 0.15) is 114 Å². The van der Waals surface area contributed by atoms with Crippen molar-refractivity contribution in [2.24, 2.45) is 11.8 Å². The fraction of sp³-hybridized carbons (Fsp3) is 0.743. The summed E-state index contributed by atoms with van der Waals surface area (Å²) in [6.45, 7) is 14.1. The minimum Gasteiger partial charge on any atom is -0.459 e. The molecule has 0 aromatic heterocycles. The van der Waals surface area contributed by atoms with E-state index in [1.165, 1.54) is 13.8 Å². The number of rotatable bonds is 13. The van der Waals surface area contributed by atoms with Crippen molar-refractivity contribution < 1.29 is 57.9 Å². The van der Waals surface area contributed by atoms with Gasteiger partial charge in [-0.1, -0.05) is 52.5 Å². The summed E-state index contributed by atoms with van der Waals surface area (Å²) in [7, 11) is 0. The minimum atomic E-state index is -2.58. The van der Waals surface area contributed by atoms with Gasteiger partial charge in [0.25, 0.3) is 0 Å². The third-order valence-electron chi connectivity index (χ3n) is 10.1. The van der Waals surface area contributed by atoms with E-state index in [9.17, 15) is 34.2 Å². The Bertz CT molecular complexity index is 1300. The molecule has 3 aliphatic rings. The minimum absolute atomic E-state index is 0.0758. The summed E-state index contributed by atoms with van der Waals surface area (Å²) in [5.74, 6) is -5.64. The summed E-state index contributed by atoms with van der Waals surface area (Å²) in [4.78, 5) is 65.6. The zero-order valence-corrected chi connectivity index (χ0v) is 29.2. The fourth-order valence-corrected chi connectivity index (χ4v) is 6.90. The predicted molar refractivity (Wildman–Crippen MR) is 168 cm³/mol. The van der Waals surface area contributed by atoms with E-state index in [-0.39, 0.29) is 23.1 Å². The van der Waals surface area contributed by atoms with E-state index in [4.69, 9.17) is 23.7 Å². The summed E-state index contributed by atoms with van der Waals surface area (Å²) in [5.41, 5.74) is -6.16. The second-order valence-electron chi connectivity index (χ2n) is 13.6. The molecule has 2 fully saturated rings. The van der Waals surface area contributed by atoms with Gasteiger partial charge < -0.3 is 33.9 Å². The van der Waals surface area contributed by atoms with E-state index in [0.717, 1.165) is 32.6 Å². The highest BCUT2D eigenvalue weighted by Gasteiger charge is 2.76. The van der Waals surface area contributed by atoms with Gasteiger partial charge in [0, 0.05) is 25.3 Å². The zero-order chi connectivity index (χ0) is 35.5. The van der Waals surface area contributed by atoms with E-state index in [1.807, 2.05) is 0 Å². The van der Waals surface area contributed by atoms with Gasteiger partial charge in [0.15, 0.2) is 29.5 Å². The predicted octanol–water partition coefficient (Wildman–Crippen LogP) is 4.17. The maximum atomic E-state index is 13.4. The molecule has 264 valence electrons. The molecule has 47 heavy (non-hydrogen) atoms. The lowest BCUT2D eigenvalue weighted by molar-refractivity contribution is -0.214. The normalized spacial score (nSPS) is 34.1. The third-order valence-corrected chi connectivity index (χ3v) is 10.1. The SMILES string of the molecule is C/C=C(/C)C(=O)OC1C(C)=C2C(C1OC(=O)CCCCCCC)C(C)(OC(C)=O)CC(OC(=O)C(C)CC)C1(O)C2OC(=O)C1(C)O. The van der Waals surface area contributed by atoms with Crippen LogP contribution in [-0.4, -0.2) is 81.3 Å². The van der Waals surface area contributed by atoms with Gasteiger partial charge in [0.05, 0.1) is 11.8 Å². The monoisotopic (exact) mass is 664 g/mol. The first kappa shape index (κ1) is 38.2. The number of carbonyl (C=O) groups is 5. The molecule has 2 N–H and O–H groups in total. The van der Waals surface area contributed by atoms with Crippen molar-refractivity contribution in [3.63, 3.8) is 0 Å². The van der Waals surface area contributed by atoms with Crippen molar-refractivity contribution in [1.82, 2.24) is 0 Å². The molecular weight excluding hydrogens is 612 g/mol. The number of aliphatic hydroxyl groups is 2. The van der Waals surface area contributed by atoms with Crippen LogP contribution in [-0.2, 0) is 47.7 Å². The first-order chi connectivity index (χ1) is 21.9. The van der Waals surface area contributed by atoms with Crippen molar-refractivity contribution in [1.29, 1.82) is 0 Å². The Morgan fingerprint density at radius 3 is 2.23 bits per heavy atom. The molecule has 0 radical (unpaired) electrons. The van der Waals surface area contributed by atoms with Gasteiger partial charge in [0.2, 0.25) is 0 Å². The number of hydrogen-bond donors (Lipinski definition) is 2. The second kappa shape index (κ2) is 14.9. The van der Waals surface area contributed by atoms with Gasteiger partial charge in [-0.15, -0.1) is 0 Å². The van der Waals surface area contributed by atoms with E-state index in [0.29, 0.717) is 12.8 Å². The summed E-state index contributed by atoms with van der Waals surface area (Å²) in [5, 5.41) is 24.0. The van der Waals surface area contributed by atoms with Crippen LogP contribution in [0.4, 0.5) is 0 Å². The number of unbranched alkanes of at least 4 members (excludes halogenated alkanes) is 4. The maximum absolute atomic E-state index is 13.4. The molecule has 2 aliphatic carbocycles. The molecule has 0 bridgehead atoms. The lowest BCUT2D eigenvalue weighted by Crippen LogP contribution is -2.64. The van der Waals surface area contributed by atoms with E-state index < -0.39 is 89.3 Å².